The molecule has 0 radical (unpaired) electrons. The monoisotopic (exact) mass is 298 g/mol. The van der Waals surface area contributed by atoms with Gasteiger partial charge in [0.15, 0.2) is 0 Å². The zero-order valence-electron chi connectivity index (χ0n) is 11.3. The van der Waals surface area contributed by atoms with E-state index in [1.807, 2.05) is 24.3 Å². The van der Waals surface area contributed by atoms with Crippen molar-refractivity contribution in [1.29, 1.82) is 0 Å². The van der Waals surface area contributed by atoms with E-state index >= 15 is 0 Å². The highest BCUT2D eigenvalue weighted by Gasteiger charge is 2.58. The summed E-state index contributed by atoms with van der Waals surface area (Å²) < 4.78 is -0.697. The van der Waals surface area contributed by atoms with Crippen LogP contribution >= 0.6 is 23.4 Å². The Bertz CT molecular complexity index is 475. The second-order valence-corrected chi connectivity index (χ2v) is 7.23. The van der Waals surface area contributed by atoms with E-state index in [1.54, 1.807) is 0 Å². The molecule has 0 unspecified atom stereocenters. The van der Waals surface area contributed by atoms with Crippen molar-refractivity contribution >= 4 is 29.3 Å². The minimum absolute atomic E-state index is 0.201. The zero-order chi connectivity index (χ0) is 14.1. The van der Waals surface area contributed by atoms with Gasteiger partial charge in [0.1, 0.15) is 4.75 Å². The highest BCUT2D eigenvalue weighted by Crippen LogP contribution is 2.61. The lowest BCUT2D eigenvalue weighted by molar-refractivity contribution is -0.147. The van der Waals surface area contributed by atoms with Crippen LogP contribution in [0.3, 0.4) is 0 Å². The van der Waals surface area contributed by atoms with Gasteiger partial charge in [-0.15, -0.1) is 11.8 Å². The van der Waals surface area contributed by atoms with E-state index in [9.17, 15) is 9.90 Å². The molecule has 1 saturated carbocycles. The molecule has 1 aromatic rings. The van der Waals surface area contributed by atoms with Crippen molar-refractivity contribution in [3.63, 3.8) is 0 Å². The number of benzene rings is 1. The Morgan fingerprint density at radius 2 is 1.89 bits per heavy atom. The average Bonchev–Trinajstić information content (AvgIpc) is 2.35. The first kappa shape index (κ1) is 14.7. The summed E-state index contributed by atoms with van der Waals surface area (Å²) in [4.78, 5) is 12.5. The van der Waals surface area contributed by atoms with Crippen LogP contribution in [-0.2, 0) is 4.79 Å². The van der Waals surface area contributed by atoms with Crippen molar-refractivity contribution in [2.75, 3.05) is 0 Å². The molecule has 1 fully saturated rings. The minimum atomic E-state index is -0.713. The molecule has 0 aliphatic heterocycles. The van der Waals surface area contributed by atoms with Gasteiger partial charge in [0.05, 0.1) is 5.02 Å². The first-order chi connectivity index (χ1) is 8.97. The summed E-state index contributed by atoms with van der Waals surface area (Å²) in [6.07, 6.45) is 3.56. The number of aliphatic carboxylic acids is 1. The molecule has 19 heavy (non-hydrogen) atoms. The number of carbonyl (C=O) groups is 1. The molecule has 0 atom stereocenters. The van der Waals surface area contributed by atoms with Gasteiger partial charge in [-0.3, -0.25) is 4.79 Å². The third-order valence-electron chi connectivity index (χ3n) is 4.35. The van der Waals surface area contributed by atoms with Crippen LogP contribution in [-0.4, -0.2) is 15.8 Å². The van der Waals surface area contributed by atoms with Gasteiger partial charge >= 0.3 is 5.97 Å². The molecule has 1 N–H and O–H groups in total. The SMILES string of the molecule is CCC1(CC)CC(Sc2ccccc2Cl)(C(=O)O)C1. The summed E-state index contributed by atoms with van der Waals surface area (Å²) in [6, 6.07) is 7.47. The molecule has 1 aliphatic rings. The molecule has 1 aliphatic carbocycles. The Morgan fingerprint density at radius 1 is 1.32 bits per heavy atom. The van der Waals surface area contributed by atoms with Crippen LogP contribution in [0.2, 0.25) is 5.02 Å². The summed E-state index contributed by atoms with van der Waals surface area (Å²) >= 11 is 7.56. The second-order valence-electron chi connectivity index (χ2n) is 5.39. The molecule has 0 heterocycles. The van der Waals surface area contributed by atoms with Crippen molar-refractivity contribution in [1.82, 2.24) is 0 Å². The van der Waals surface area contributed by atoms with Crippen LogP contribution < -0.4 is 0 Å². The van der Waals surface area contributed by atoms with E-state index in [0.717, 1.165) is 30.6 Å². The summed E-state index contributed by atoms with van der Waals surface area (Å²) in [7, 11) is 0. The van der Waals surface area contributed by atoms with Crippen LogP contribution in [0.15, 0.2) is 29.2 Å². The topological polar surface area (TPSA) is 37.3 Å². The minimum Gasteiger partial charge on any atom is -0.480 e. The third kappa shape index (κ3) is 2.63. The number of rotatable bonds is 5. The molecule has 0 aromatic heterocycles. The maximum absolute atomic E-state index is 11.7. The zero-order valence-corrected chi connectivity index (χ0v) is 12.9. The molecule has 2 rings (SSSR count). The largest absolute Gasteiger partial charge is 0.480 e. The molecule has 0 amide bonds. The quantitative estimate of drug-likeness (QED) is 0.844. The molecule has 0 bridgehead atoms. The lowest BCUT2D eigenvalue weighted by Crippen LogP contribution is -2.54. The molecular weight excluding hydrogens is 280 g/mol. The van der Waals surface area contributed by atoms with Gasteiger partial charge in [-0.05, 0) is 30.4 Å². The third-order valence-corrected chi connectivity index (χ3v) is 6.22. The van der Waals surface area contributed by atoms with E-state index in [4.69, 9.17) is 11.6 Å². The van der Waals surface area contributed by atoms with E-state index in [1.165, 1.54) is 11.8 Å². The fraction of sp³-hybridized carbons (Fsp3) is 0.533. The van der Waals surface area contributed by atoms with E-state index < -0.39 is 10.7 Å². The van der Waals surface area contributed by atoms with Crippen molar-refractivity contribution in [3.8, 4) is 0 Å². The summed E-state index contributed by atoms with van der Waals surface area (Å²) in [6.45, 7) is 4.30. The second kappa shape index (κ2) is 5.37. The summed E-state index contributed by atoms with van der Waals surface area (Å²) in [5.41, 5.74) is 0.201. The smallest absolute Gasteiger partial charge is 0.320 e. The maximum Gasteiger partial charge on any atom is 0.320 e. The van der Waals surface area contributed by atoms with Crippen LogP contribution in [0.1, 0.15) is 39.5 Å². The fourth-order valence-electron chi connectivity index (χ4n) is 2.91. The molecular formula is C15H19ClO2S. The van der Waals surface area contributed by atoms with Crippen molar-refractivity contribution in [2.24, 2.45) is 5.41 Å². The van der Waals surface area contributed by atoms with Crippen LogP contribution in [0.5, 0.6) is 0 Å². The predicted molar refractivity (Wildman–Crippen MR) is 79.9 cm³/mol. The Labute approximate surface area is 123 Å². The van der Waals surface area contributed by atoms with Gasteiger partial charge in [-0.1, -0.05) is 50.4 Å². The highest BCUT2D eigenvalue weighted by atomic mass is 35.5. The Morgan fingerprint density at radius 3 is 2.37 bits per heavy atom. The van der Waals surface area contributed by atoms with Gasteiger partial charge in [0.25, 0.3) is 0 Å². The fourth-order valence-corrected chi connectivity index (χ4v) is 4.74. The van der Waals surface area contributed by atoms with E-state index in [0.29, 0.717) is 5.02 Å². The number of hydrogen-bond donors (Lipinski definition) is 1. The van der Waals surface area contributed by atoms with Crippen LogP contribution in [0.4, 0.5) is 0 Å². The lowest BCUT2D eigenvalue weighted by atomic mass is 9.58. The molecule has 4 heteroatoms. The highest BCUT2D eigenvalue weighted by molar-refractivity contribution is 8.01. The number of carboxylic acids is 1. The van der Waals surface area contributed by atoms with Crippen molar-refractivity contribution in [3.05, 3.63) is 29.3 Å². The Kier molecular flexibility index (Phi) is 4.17. The molecule has 2 nitrogen and oxygen atoms in total. The normalized spacial score (nSPS) is 19.7. The molecule has 0 spiro atoms. The van der Waals surface area contributed by atoms with E-state index in [2.05, 4.69) is 13.8 Å². The van der Waals surface area contributed by atoms with Crippen LogP contribution in [0.25, 0.3) is 0 Å². The first-order valence-electron chi connectivity index (χ1n) is 6.64. The Balaban J connectivity index is 2.21. The van der Waals surface area contributed by atoms with Gasteiger partial charge in [0, 0.05) is 4.90 Å². The van der Waals surface area contributed by atoms with Gasteiger partial charge in [0.2, 0.25) is 0 Å². The standard InChI is InChI=1S/C15H19ClO2S/c1-3-14(4-2)9-15(10-14,13(17)18)19-12-8-6-5-7-11(12)16/h5-8H,3-4,9-10H2,1-2H3,(H,17,18). The maximum atomic E-state index is 11.7. The number of hydrogen-bond acceptors (Lipinski definition) is 2. The summed E-state index contributed by atoms with van der Waals surface area (Å²) in [5, 5.41) is 10.2. The molecule has 104 valence electrons. The summed E-state index contributed by atoms with van der Waals surface area (Å²) in [5.74, 6) is -0.713. The number of halogens is 1. The van der Waals surface area contributed by atoms with E-state index in [-0.39, 0.29) is 5.41 Å². The van der Waals surface area contributed by atoms with Gasteiger partial charge in [-0.2, -0.15) is 0 Å². The average molecular weight is 299 g/mol. The first-order valence-corrected chi connectivity index (χ1v) is 7.83. The predicted octanol–water partition coefficient (Wildman–Crippen LogP) is 4.86. The van der Waals surface area contributed by atoms with Gasteiger partial charge in [-0.25, -0.2) is 0 Å². The molecule has 1 aromatic carbocycles. The number of carboxylic acid groups (broad SMARTS) is 1. The van der Waals surface area contributed by atoms with Crippen molar-refractivity contribution < 1.29 is 9.90 Å². The molecule has 0 saturated heterocycles. The van der Waals surface area contributed by atoms with Crippen molar-refractivity contribution in [2.45, 2.75) is 49.2 Å². The van der Waals surface area contributed by atoms with Crippen LogP contribution in [0, 0.1) is 5.41 Å². The van der Waals surface area contributed by atoms with Gasteiger partial charge < -0.3 is 5.11 Å². The Hall–Kier alpha value is -0.670. The lowest BCUT2D eigenvalue weighted by Gasteiger charge is -2.53. The number of thioether (sulfide) groups is 1.